The van der Waals surface area contributed by atoms with Gasteiger partial charge in [0.05, 0.1) is 6.61 Å². The zero-order valence-electron chi connectivity index (χ0n) is 7.94. The van der Waals surface area contributed by atoms with Gasteiger partial charge in [0.25, 0.3) is 0 Å². The second kappa shape index (κ2) is 11.6. The zero-order valence-corrected chi connectivity index (χ0v) is 10.1. The topological polar surface area (TPSA) is 21.3 Å². The minimum atomic E-state index is 0.862. The van der Waals surface area contributed by atoms with Gasteiger partial charge in [0.15, 0.2) is 0 Å². The van der Waals surface area contributed by atoms with Crippen molar-refractivity contribution in [3.8, 4) is 0 Å². The molecule has 0 aliphatic rings. The second-order valence-corrected chi connectivity index (χ2v) is 3.84. The van der Waals surface area contributed by atoms with E-state index in [1.165, 1.54) is 23.7 Å². The zero-order chi connectivity index (χ0) is 9.07. The Morgan fingerprint density at radius 3 is 2.67 bits per heavy atom. The predicted octanol–water partition coefficient (Wildman–Crippen LogP) is 2.22. The molecule has 0 atom stereocenters. The van der Waals surface area contributed by atoms with E-state index < -0.39 is 0 Å². The highest BCUT2D eigenvalue weighted by Gasteiger charge is 1.88. The molecule has 2 nitrogen and oxygen atoms in total. The summed E-state index contributed by atoms with van der Waals surface area (Å²) in [6.45, 7) is 6.09. The summed E-state index contributed by atoms with van der Waals surface area (Å²) in [7, 11) is 0. The Bertz CT molecular complexity index is 70.9. The number of halogens is 1. The molecule has 0 saturated heterocycles. The van der Waals surface area contributed by atoms with Gasteiger partial charge in [-0.15, -0.1) is 0 Å². The normalized spacial score (nSPS) is 10.5. The van der Waals surface area contributed by atoms with Crippen molar-refractivity contribution in [3.05, 3.63) is 0 Å². The molecular weight excluding hydrogens is 265 g/mol. The summed E-state index contributed by atoms with van der Waals surface area (Å²) in [5, 5.41) is 3.33. The summed E-state index contributed by atoms with van der Waals surface area (Å²) in [6, 6.07) is 0. The molecular formula is C9H20INO. The lowest BCUT2D eigenvalue weighted by Crippen LogP contribution is -2.21. The van der Waals surface area contributed by atoms with Crippen LogP contribution in [-0.2, 0) is 4.74 Å². The van der Waals surface area contributed by atoms with Crippen LogP contribution in [0.25, 0.3) is 0 Å². The standard InChI is InChI=1S/C9H20INO/c1-2-3-8-12-9-7-11-6-4-5-10/h11H,2-9H2,1H3. The Kier molecular flexibility index (Phi) is 12.3. The Labute approximate surface area is 89.6 Å². The number of rotatable bonds is 9. The molecule has 0 aromatic carbocycles. The molecule has 0 heterocycles. The number of hydrogen-bond donors (Lipinski definition) is 1. The monoisotopic (exact) mass is 285 g/mol. The molecule has 0 fully saturated rings. The lowest BCUT2D eigenvalue weighted by atomic mass is 10.4. The molecule has 0 unspecified atom stereocenters. The number of nitrogens with one attached hydrogen (secondary N) is 1. The third-order valence-electron chi connectivity index (χ3n) is 1.55. The van der Waals surface area contributed by atoms with Crippen molar-refractivity contribution in [1.82, 2.24) is 5.32 Å². The van der Waals surface area contributed by atoms with Gasteiger partial charge in [-0.3, -0.25) is 0 Å². The van der Waals surface area contributed by atoms with Gasteiger partial charge in [0, 0.05) is 17.6 Å². The largest absolute Gasteiger partial charge is 0.380 e. The van der Waals surface area contributed by atoms with Crippen LogP contribution >= 0.6 is 22.6 Å². The van der Waals surface area contributed by atoms with E-state index >= 15 is 0 Å². The van der Waals surface area contributed by atoms with Crippen LogP contribution in [0.3, 0.4) is 0 Å². The molecule has 0 bridgehead atoms. The maximum Gasteiger partial charge on any atom is 0.0590 e. The van der Waals surface area contributed by atoms with Crippen molar-refractivity contribution in [2.75, 3.05) is 30.7 Å². The predicted molar refractivity (Wildman–Crippen MR) is 62.1 cm³/mol. The molecule has 0 aromatic rings. The molecule has 12 heavy (non-hydrogen) atoms. The summed E-state index contributed by atoms with van der Waals surface area (Å²) in [5.41, 5.74) is 0. The van der Waals surface area contributed by atoms with Gasteiger partial charge in [0.2, 0.25) is 0 Å². The van der Waals surface area contributed by atoms with E-state index in [0.717, 1.165) is 26.3 Å². The van der Waals surface area contributed by atoms with Crippen LogP contribution in [0, 0.1) is 0 Å². The molecule has 0 aliphatic carbocycles. The highest BCUT2D eigenvalue weighted by Crippen LogP contribution is 1.87. The first kappa shape index (κ1) is 12.7. The van der Waals surface area contributed by atoms with Gasteiger partial charge in [-0.25, -0.2) is 0 Å². The molecule has 0 spiro atoms. The summed E-state index contributed by atoms with van der Waals surface area (Å²) < 4.78 is 6.63. The third kappa shape index (κ3) is 10.7. The first-order chi connectivity index (χ1) is 5.91. The first-order valence-corrected chi connectivity index (χ1v) is 6.28. The average molecular weight is 285 g/mol. The van der Waals surface area contributed by atoms with Crippen LogP contribution in [-0.4, -0.2) is 30.7 Å². The maximum absolute atomic E-state index is 5.39. The van der Waals surface area contributed by atoms with Crippen molar-refractivity contribution < 1.29 is 4.74 Å². The second-order valence-electron chi connectivity index (χ2n) is 2.76. The van der Waals surface area contributed by atoms with Gasteiger partial charge >= 0.3 is 0 Å². The molecule has 0 amide bonds. The molecule has 0 radical (unpaired) electrons. The minimum absolute atomic E-state index is 0.862. The molecule has 0 rings (SSSR count). The van der Waals surface area contributed by atoms with Gasteiger partial charge < -0.3 is 10.1 Å². The van der Waals surface area contributed by atoms with E-state index in [1.54, 1.807) is 0 Å². The van der Waals surface area contributed by atoms with Gasteiger partial charge in [0.1, 0.15) is 0 Å². The van der Waals surface area contributed by atoms with Crippen LogP contribution in [0.1, 0.15) is 26.2 Å². The van der Waals surface area contributed by atoms with Crippen molar-refractivity contribution in [2.24, 2.45) is 0 Å². The lowest BCUT2D eigenvalue weighted by molar-refractivity contribution is 0.133. The minimum Gasteiger partial charge on any atom is -0.380 e. The number of ether oxygens (including phenoxy) is 1. The molecule has 0 aliphatic heterocycles. The number of alkyl halides is 1. The van der Waals surface area contributed by atoms with Crippen molar-refractivity contribution in [3.63, 3.8) is 0 Å². The van der Waals surface area contributed by atoms with Crippen molar-refractivity contribution in [1.29, 1.82) is 0 Å². The molecule has 74 valence electrons. The van der Waals surface area contributed by atoms with E-state index in [-0.39, 0.29) is 0 Å². The smallest absolute Gasteiger partial charge is 0.0590 e. The van der Waals surface area contributed by atoms with Crippen LogP contribution in [0.2, 0.25) is 0 Å². The van der Waals surface area contributed by atoms with Crippen LogP contribution in [0.4, 0.5) is 0 Å². The summed E-state index contributed by atoms with van der Waals surface area (Å²) in [5.74, 6) is 0. The molecule has 1 N–H and O–H groups in total. The van der Waals surface area contributed by atoms with Crippen LogP contribution < -0.4 is 5.32 Å². The van der Waals surface area contributed by atoms with E-state index in [9.17, 15) is 0 Å². The Morgan fingerprint density at radius 2 is 2.00 bits per heavy atom. The Morgan fingerprint density at radius 1 is 1.17 bits per heavy atom. The van der Waals surface area contributed by atoms with E-state index in [2.05, 4.69) is 34.8 Å². The van der Waals surface area contributed by atoms with Gasteiger partial charge in [-0.2, -0.15) is 0 Å². The fraction of sp³-hybridized carbons (Fsp3) is 1.00. The number of hydrogen-bond acceptors (Lipinski definition) is 2. The Balaban J connectivity index is 2.73. The maximum atomic E-state index is 5.39. The molecule has 0 aromatic heterocycles. The van der Waals surface area contributed by atoms with Crippen LogP contribution in [0.15, 0.2) is 0 Å². The van der Waals surface area contributed by atoms with Crippen molar-refractivity contribution >= 4 is 22.6 Å². The van der Waals surface area contributed by atoms with Crippen molar-refractivity contribution in [2.45, 2.75) is 26.2 Å². The molecule has 3 heteroatoms. The summed E-state index contributed by atoms with van der Waals surface area (Å²) >= 11 is 2.40. The fourth-order valence-corrected chi connectivity index (χ4v) is 1.19. The van der Waals surface area contributed by atoms with Crippen LogP contribution in [0.5, 0.6) is 0 Å². The van der Waals surface area contributed by atoms with E-state index in [0.29, 0.717) is 0 Å². The lowest BCUT2D eigenvalue weighted by Gasteiger charge is -2.04. The van der Waals surface area contributed by atoms with E-state index in [1.807, 2.05) is 0 Å². The molecule has 0 saturated carbocycles. The van der Waals surface area contributed by atoms with Gasteiger partial charge in [-0.05, 0) is 19.4 Å². The van der Waals surface area contributed by atoms with Gasteiger partial charge in [-0.1, -0.05) is 35.9 Å². The summed E-state index contributed by atoms with van der Waals surface area (Å²) in [6.07, 6.45) is 3.67. The average Bonchev–Trinajstić information content (AvgIpc) is 2.10. The first-order valence-electron chi connectivity index (χ1n) is 4.76. The highest BCUT2D eigenvalue weighted by molar-refractivity contribution is 14.1. The Hall–Kier alpha value is 0.650. The SMILES string of the molecule is CCCCOCCNCCCI. The fourth-order valence-electron chi connectivity index (χ4n) is 0.810. The number of unbranched alkanes of at least 4 members (excludes halogenated alkanes) is 1. The van der Waals surface area contributed by atoms with E-state index in [4.69, 9.17) is 4.74 Å². The summed E-state index contributed by atoms with van der Waals surface area (Å²) in [4.78, 5) is 0. The quantitative estimate of drug-likeness (QED) is 0.398. The highest BCUT2D eigenvalue weighted by atomic mass is 127. The third-order valence-corrected chi connectivity index (χ3v) is 2.32.